The first-order valence-electron chi connectivity index (χ1n) is 10.1. The Morgan fingerprint density at radius 3 is 2.66 bits per heavy atom. The van der Waals surface area contributed by atoms with Crippen LogP contribution in [0, 0.1) is 5.82 Å². The fourth-order valence-electron chi connectivity index (χ4n) is 3.08. The predicted octanol–water partition coefficient (Wildman–Crippen LogP) is 7.00. The molecule has 7 nitrogen and oxygen atoms in total. The molecule has 1 fully saturated rings. The Balaban J connectivity index is 1.57. The minimum absolute atomic E-state index is 0.0159. The number of imide groups is 1. The van der Waals surface area contributed by atoms with Crippen LogP contribution in [0.1, 0.15) is 18.1 Å². The third kappa shape index (κ3) is 5.87. The number of hydrogen-bond acceptors (Lipinski definition) is 7. The van der Waals surface area contributed by atoms with Crippen molar-refractivity contribution in [2.45, 2.75) is 13.5 Å². The van der Waals surface area contributed by atoms with Crippen LogP contribution in [0.2, 0.25) is 15.3 Å². The Labute approximate surface area is 218 Å². The van der Waals surface area contributed by atoms with Crippen LogP contribution in [0.4, 0.5) is 9.18 Å². The molecule has 0 aliphatic carbocycles. The second kappa shape index (κ2) is 10.8. The first-order chi connectivity index (χ1) is 16.7. The Morgan fingerprint density at radius 1 is 1.11 bits per heavy atom. The van der Waals surface area contributed by atoms with E-state index in [1.807, 2.05) is 0 Å². The molecule has 0 N–H and O–H groups in total. The summed E-state index contributed by atoms with van der Waals surface area (Å²) in [5.41, 5.74) is 1.16. The average Bonchev–Trinajstić information content (AvgIpc) is 3.07. The van der Waals surface area contributed by atoms with Gasteiger partial charge < -0.3 is 9.47 Å². The van der Waals surface area contributed by atoms with Gasteiger partial charge in [-0.15, -0.1) is 0 Å². The summed E-state index contributed by atoms with van der Waals surface area (Å²) in [4.78, 5) is 34.0. The van der Waals surface area contributed by atoms with Crippen LogP contribution in [0.15, 0.2) is 47.5 Å². The van der Waals surface area contributed by atoms with Crippen molar-refractivity contribution in [3.8, 4) is 17.4 Å². The molecule has 2 aromatic carbocycles. The molecule has 2 heterocycles. The normalized spacial score (nSPS) is 14.7. The van der Waals surface area contributed by atoms with Gasteiger partial charge in [0.25, 0.3) is 17.0 Å². The van der Waals surface area contributed by atoms with E-state index >= 15 is 0 Å². The number of ether oxygens (including phenoxy) is 2. The summed E-state index contributed by atoms with van der Waals surface area (Å²) in [5, 5.41) is 0.217. The standard InChI is InChI=1S/C23H15Cl3FN3O4S/c1-2-33-18-7-12(3-6-17(18)34-20-16(27)10-28-22(26)29-20)8-19-21(31)30(23(32)35-19)11-13-4-5-14(24)9-15(13)25/h3-10H,2,11H2,1H3/b19-8+. The van der Waals surface area contributed by atoms with Gasteiger partial charge in [-0.25, -0.2) is 4.98 Å². The predicted molar refractivity (Wildman–Crippen MR) is 133 cm³/mol. The van der Waals surface area contributed by atoms with E-state index in [0.29, 0.717) is 27.8 Å². The number of carbonyl (C=O) groups is 2. The summed E-state index contributed by atoms with van der Waals surface area (Å²) < 4.78 is 25.1. The van der Waals surface area contributed by atoms with Crippen molar-refractivity contribution in [1.29, 1.82) is 0 Å². The van der Waals surface area contributed by atoms with E-state index in [4.69, 9.17) is 44.3 Å². The molecule has 180 valence electrons. The van der Waals surface area contributed by atoms with Crippen molar-refractivity contribution in [1.82, 2.24) is 14.9 Å². The largest absolute Gasteiger partial charge is 0.490 e. The van der Waals surface area contributed by atoms with Crippen molar-refractivity contribution in [2.75, 3.05) is 6.61 Å². The Bertz CT molecular complexity index is 1360. The molecule has 0 spiro atoms. The molecule has 1 aliphatic rings. The highest BCUT2D eigenvalue weighted by atomic mass is 35.5. The third-order valence-corrected chi connectivity index (χ3v) is 6.35. The summed E-state index contributed by atoms with van der Waals surface area (Å²) in [7, 11) is 0. The quantitative estimate of drug-likeness (QED) is 0.230. The number of halogens is 4. The number of carbonyl (C=O) groups excluding carboxylic acids is 2. The van der Waals surface area contributed by atoms with Crippen molar-refractivity contribution >= 4 is 63.8 Å². The first kappa shape index (κ1) is 25.2. The molecule has 35 heavy (non-hydrogen) atoms. The highest BCUT2D eigenvalue weighted by molar-refractivity contribution is 8.18. The maximum Gasteiger partial charge on any atom is 0.293 e. The minimum atomic E-state index is -0.796. The molecule has 0 bridgehead atoms. The third-order valence-electron chi connectivity index (χ3n) is 4.67. The SMILES string of the molecule is CCOc1cc(/C=C2/SC(=O)N(Cc3ccc(Cl)cc3Cl)C2=O)ccc1Oc1nc(Cl)ncc1F. The van der Waals surface area contributed by atoms with Gasteiger partial charge in [0.05, 0.1) is 24.3 Å². The van der Waals surface area contributed by atoms with Crippen molar-refractivity contribution in [2.24, 2.45) is 0 Å². The summed E-state index contributed by atoms with van der Waals surface area (Å²) >= 11 is 18.6. The van der Waals surface area contributed by atoms with Gasteiger partial charge in [-0.05, 0) is 71.8 Å². The molecular weight excluding hydrogens is 540 g/mol. The molecule has 12 heteroatoms. The number of hydrogen-bond donors (Lipinski definition) is 0. The van der Waals surface area contributed by atoms with Gasteiger partial charge in [0.1, 0.15) is 0 Å². The number of nitrogens with zero attached hydrogens (tertiary/aromatic N) is 3. The number of amides is 2. The van der Waals surface area contributed by atoms with Crippen LogP contribution in [0.3, 0.4) is 0 Å². The summed E-state index contributed by atoms with van der Waals surface area (Å²) in [5.74, 6) is -1.15. The Hall–Kier alpha value is -2.85. The molecule has 1 saturated heterocycles. The van der Waals surface area contributed by atoms with Gasteiger partial charge in [0.15, 0.2) is 11.5 Å². The molecule has 3 aromatic rings. The summed E-state index contributed by atoms with van der Waals surface area (Å²) in [6.07, 6.45) is 2.45. The number of rotatable bonds is 7. The van der Waals surface area contributed by atoms with Gasteiger partial charge in [-0.1, -0.05) is 35.3 Å². The fraction of sp³-hybridized carbons (Fsp3) is 0.130. The molecule has 4 rings (SSSR count). The monoisotopic (exact) mass is 553 g/mol. The second-order valence-electron chi connectivity index (χ2n) is 7.04. The lowest BCUT2D eigenvalue weighted by atomic mass is 10.1. The molecule has 0 saturated carbocycles. The highest BCUT2D eigenvalue weighted by Crippen LogP contribution is 2.37. The Kier molecular flexibility index (Phi) is 7.81. The zero-order chi connectivity index (χ0) is 25.1. The molecular formula is C23H15Cl3FN3O4S. The summed E-state index contributed by atoms with van der Waals surface area (Å²) in [6, 6.07) is 9.61. The van der Waals surface area contributed by atoms with E-state index in [2.05, 4.69) is 9.97 Å². The molecule has 1 aliphatic heterocycles. The Morgan fingerprint density at radius 2 is 1.91 bits per heavy atom. The van der Waals surface area contributed by atoms with Crippen LogP contribution in [0.25, 0.3) is 6.08 Å². The lowest BCUT2D eigenvalue weighted by Gasteiger charge is -2.14. The molecule has 0 unspecified atom stereocenters. The van der Waals surface area contributed by atoms with Crippen LogP contribution in [-0.4, -0.2) is 32.6 Å². The van der Waals surface area contributed by atoms with E-state index in [1.165, 1.54) is 6.07 Å². The topological polar surface area (TPSA) is 81.6 Å². The molecule has 1 aromatic heterocycles. The lowest BCUT2D eigenvalue weighted by molar-refractivity contribution is -0.123. The van der Waals surface area contributed by atoms with Gasteiger partial charge in [-0.2, -0.15) is 9.37 Å². The maximum atomic E-state index is 14.0. The lowest BCUT2D eigenvalue weighted by Crippen LogP contribution is -2.27. The van der Waals surface area contributed by atoms with Gasteiger partial charge >= 0.3 is 0 Å². The van der Waals surface area contributed by atoms with Crippen LogP contribution >= 0.6 is 46.6 Å². The van der Waals surface area contributed by atoms with Gasteiger partial charge in [0.2, 0.25) is 11.1 Å². The van der Waals surface area contributed by atoms with Crippen LogP contribution in [0.5, 0.6) is 17.4 Å². The fourth-order valence-corrected chi connectivity index (χ4v) is 4.51. The van der Waals surface area contributed by atoms with E-state index < -0.39 is 17.0 Å². The van der Waals surface area contributed by atoms with Crippen LogP contribution in [-0.2, 0) is 11.3 Å². The molecule has 2 amide bonds. The number of benzene rings is 2. The highest BCUT2D eigenvalue weighted by Gasteiger charge is 2.35. The molecule has 0 radical (unpaired) electrons. The molecule has 0 atom stereocenters. The van der Waals surface area contributed by atoms with E-state index in [9.17, 15) is 14.0 Å². The van der Waals surface area contributed by atoms with Crippen molar-refractivity contribution in [3.63, 3.8) is 0 Å². The number of aromatic nitrogens is 2. The average molecular weight is 555 g/mol. The number of thioether (sulfide) groups is 1. The smallest absolute Gasteiger partial charge is 0.293 e. The van der Waals surface area contributed by atoms with Crippen LogP contribution < -0.4 is 9.47 Å². The zero-order valence-corrected chi connectivity index (χ0v) is 21.0. The van der Waals surface area contributed by atoms with Crippen molar-refractivity contribution < 1.29 is 23.5 Å². The summed E-state index contributed by atoms with van der Waals surface area (Å²) in [6.45, 7) is 2.08. The first-order valence-corrected chi connectivity index (χ1v) is 12.0. The minimum Gasteiger partial charge on any atom is -0.490 e. The maximum absolute atomic E-state index is 14.0. The zero-order valence-electron chi connectivity index (χ0n) is 17.9. The van der Waals surface area contributed by atoms with E-state index in [1.54, 1.807) is 43.3 Å². The van der Waals surface area contributed by atoms with E-state index in [0.717, 1.165) is 22.9 Å². The second-order valence-corrected chi connectivity index (χ2v) is 9.21. The van der Waals surface area contributed by atoms with Gasteiger partial charge in [0, 0.05) is 10.0 Å². The van der Waals surface area contributed by atoms with Gasteiger partial charge in [-0.3, -0.25) is 14.5 Å². The van der Waals surface area contributed by atoms with E-state index in [-0.39, 0.29) is 34.1 Å². The van der Waals surface area contributed by atoms with Crippen molar-refractivity contribution in [3.05, 3.63) is 79.8 Å².